The van der Waals surface area contributed by atoms with Gasteiger partial charge in [0, 0.05) is 48.4 Å². The average molecular weight is 275 g/mol. The van der Waals surface area contributed by atoms with E-state index in [1.165, 1.54) is 12.1 Å². The van der Waals surface area contributed by atoms with Crippen LogP contribution in [-0.2, 0) is 13.6 Å². The minimum atomic E-state index is -0.456. The molecule has 0 aliphatic carbocycles. The van der Waals surface area contributed by atoms with Crippen LogP contribution in [0.3, 0.4) is 0 Å². The smallest absolute Gasteiger partial charge is 0.273 e. The summed E-state index contributed by atoms with van der Waals surface area (Å²) in [5.74, 6) is 0. The molecule has 1 heterocycles. The van der Waals surface area contributed by atoms with Gasteiger partial charge >= 0.3 is 0 Å². The van der Waals surface area contributed by atoms with Crippen molar-refractivity contribution in [1.29, 1.82) is 0 Å². The van der Waals surface area contributed by atoms with Crippen LogP contribution >= 0.6 is 0 Å². The maximum Gasteiger partial charge on any atom is 0.273 e. The number of nitro groups is 1. The number of nitrogens with one attached hydrogen (secondary N) is 1. The molecule has 7 nitrogen and oxygen atoms in total. The van der Waals surface area contributed by atoms with E-state index in [4.69, 9.17) is 5.73 Å². The molecule has 0 atom stereocenters. The van der Waals surface area contributed by atoms with Crippen LogP contribution in [0.2, 0.25) is 0 Å². The van der Waals surface area contributed by atoms with Gasteiger partial charge in [0.1, 0.15) is 0 Å². The summed E-state index contributed by atoms with van der Waals surface area (Å²) in [6, 6.07) is 4.48. The Labute approximate surface area is 116 Å². The van der Waals surface area contributed by atoms with Crippen molar-refractivity contribution in [3.8, 4) is 0 Å². The van der Waals surface area contributed by atoms with Gasteiger partial charge in [-0.25, -0.2) is 0 Å². The van der Waals surface area contributed by atoms with Gasteiger partial charge in [0.2, 0.25) is 0 Å². The molecule has 0 unspecified atom stereocenters. The number of anilines is 2. The zero-order chi connectivity index (χ0) is 14.9. The topological polar surface area (TPSA) is 99.0 Å². The number of benzene rings is 1. The van der Waals surface area contributed by atoms with Gasteiger partial charge < -0.3 is 11.1 Å². The Morgan fingerprint density at radius 2 is 2.10 bits per heavy atom. The minimum absolute atomic E-state index is 0.0212. The molecular formula is C13H17N5O2. The van der Waals surface area contributed by atoms with Gasteiger partial charge in [-0.1, -0.05) is 0 Å². The summed E-state index contributed by atoms with van der Waals surface area (Å²) in [5.41, 5.74) is 9.72. The largest absolute Gasteiger partial charge is 0.398 e. The van der Waals surface area contributed by atoms with Crippen molar-refractivity contribution >= 4 is 17.1 Å². The number of non-ortho nitro benzene ring substituents is 1. The van der Waals surface area contributed by atoms with E-state index in [9.17, 15) is 10.1 Å². The summed E-state index contributed by atoms with van der Waals surface area (Å²) in [7, 11) is 1.89. The molecule has 0 aliphatic heterocycles. The zero-order valence-electron chi connectivity index (χ0n) is 11.7. The van der Waals surface area contributed by atoms with Gasteiger partial charge in [-0.15, -0.1) is 0 Å². The second kappa shape index (κ2) is 5.20. The highest BCUT2D eigenvalue weighted by molar-refractivity contribution is 5.61. The number of aryl methyl sites for hydroxylation is 2. The van der Waals surface area contributed by atoms with E-state index in [1.54, 1.807) is 6.07 Å². The van der Waals surface area contributed by atoms with Gasteiger partial charge in [0.25, 0.3) is 5.69 Å². The number of nitrogen functional groups attached to an aromatic ring is 1. The Bertz CT molecular complexity index is 663. The molecule has 3 N–H and O–H groups in total. The second-order valence-corrected chi connectivity index (χ2v) is 4.70. The van der Waals surface area contributed by atoms with Gasteiger partial charge in [0.05, 0.1) is 10.6 Å². The van der Waals surface area contributed by atoms with E-state index < -0.39 is 4.92 Å². The van der Waals surface area contributed by atoms with Crippen LogP contribution in [0.25, 0.3) is 0 Å². The van der Waals surface area contributed by atoms with Crippen molar-refractivity contribution in [3.05, 3.63) is 45.3 Å². The first-order valence-electron chi connectivity index (χ1n) is 6.16. The lowest BCUT2D eigenvalue weighted by molar-refractivity contribution is -0.384. The average Bonchev–Trinajstić information content (AvgIpc) is 2.60. The molecule has 0 bridgehead atoms. The van der Waals surface area contributed by atoms with Gasteiger partial charge in [-0.3, -0.25) is 14.8 Å². The number of nitrogens with zero attached hydrogens (tertiary/aromatic N) is 3. The summed E-state index contributed by atoms with van der Waals surface area (Å²) >= 11 is 0. The lowest BCUT2D eigenvalue weighted by atomic mass is 10.2. The number of hydrogen-bond acceptors (Lipinski definition) is 5. The van der Waals surface area contributed by atoms with Crippen LogP contribution in [-0.4, -0.2) is 14.7 Å². The van der Waals surface area contributed by atoms with E-state index in [0.29, 0.717) is 17.9 Å². The summed E-state index contributed by atoms with van der Waals surface area (Å²) in [6.45, 7) is 4.47. The maximum absolute atomic E-state index is 10.8. The van der Waals surface area contributed by atoms with E-state index in [-0.39, 0.29) is 5.69 Å². The van der Waals surface area contributed by atoms with Crippen LogP contribution in [0.4, 0.5) is 17.1 Å². The van der Waals surface area contributed by atoms with E-state index in [1.807, 2.05) is 25.6 Å². The molecule has 2 aromatic rings. The van der Waals surface area contributed by atoms with Gasteiger partial charge in [-0.2, -0.15) is 5.10 Å². The highest BCUT2D eigenvalue weighted by atomic mass is 16.6. The summed E-state index contributed by atoms with van der Waals surface area (Å²) < 4.78 is 1.81. The Hall–Kier alpha value is -2.57. The molecule has 0 radical (unpaired) electrons. The maximum atomic E-state index is 10.8. The van der Waals surface area contributed by atoms with Crippen molar-refractivity contribution in [2.45, 2.75) is 20.4 Å². The van der Waals surface area contributed by atoms with Crippen LogP contribution in [0, 0.1) is 24.0 Å². The molecule has 7 heteroatoms. The predicted molar refractivity (Wildman–Crippen MR) is 77.5 cm³/mol. The first-order valence-corrected chi connectivity index (χ1v) is 6.16. The van der Waals surface area contributed by atoms with Crippen LogP contribution in [0.1, 0.15) is 17.0 Å². The quantitative estimate of drug-likeness (QED) is 0.506. The van der Waals surface area contributed by atoms with Crippen molar-refractivity contribution < 1.29 is 4.92 Å². The lowest BCUT2D eigenvalue weighted by Gasteiger charge is -2.08. The third kappa shape index (κ3) is 2.71. The van der Waals surface area contributed by atoms with E-state index >= 15 is 0 Å². The summed E-state index contributed by atoms with van der Waals surface area (Å²) in [6.07, 6.45) is 0. The number of nitro benzene ring substituents is 1. The van der Waals surface area contributed by atoms with Crippen molar-refractivity contribution in [2.24, 2.45) is 7.05 Å². The lowest BCUT2D eigenvalue weighted by Crippen LogP contribution is -2.03. The molecule has 0 saturated heterocycles. The van der Waals surface area contributed by atoms with E-state index in [0.717, 1.165) is 17.0 Å². The molecule has 106 valence electrons. The highest BCUT2D eigenvalue weighted by Gasteiger charge is 2.11. The fourth-order valence-electron chi connectivity index (χ4n) is 2.11. The van der Waals surface area contributed by atoms with Gasteiger partial charge in [-0.05, 0) is 19.9 Å². The first kappa shape index (κ1) is 13.9. The third-order valence-corrected chi connectivity index (χ3v) is 3.28. The first-order chi connectivity index (χ1) is 9.38. The third-order valence-electron chi connectivity index (χ3n) is 3.28. The molecule has 0 fully saturated rings. The second-order valence-electron chi connectivity index (χ2n) is 4.70. The fraction of sp³-hybridized carbons (Fsp3) is 0.308. The predicted octanol–water partition coefficient (Wildman–Crippen LogP) is 2.14. The van der Waals surface area contributed by atoms with Crippen molar-refractivity contribution in [3.63, 3.8) is 0 Å². The zero-order valence-corrected chi connectivity index (χ0v) is 11.7. The molecule has 1 aromatic carbocycles. The van der Waals surface area contributed by atoms with Crippen LogP contribution < -0.4 is 11.1 Å². The number of aromatic nitrogens is 2. The molecule has 1 aromatic heterocycles. The normalized spacial score (nSPS) is 10.6. The highest BCUT2D eigenvalue weighted by Crippen LogP contribution is 2.23. The van der Waals surface area contributed by atoms with E-state index in [2.05, 4.69) is 10.4 Å². The molecular weight excluding hydrogens is 258 g/mol. The fourth-order valence-corrected chi connectivity index (χ4v) is 2.11. The molecule has 2 rings (SSSR count). The SMILES string of the molecule is Cc1nn(C)c(C)c1CNc1cc(N)cc([N+](=O)[O-])c1. The molecule has 0 amide bonds. The van der Waals surface area contributed by atoms with Crippen LogP contribution in [0.15, 0.2) is 18.2 Å². The number of rotatable bonds is 4. The Balaban J connectivity index is 2.21. The molecule has 20 heavy (non-hydrogen) atoms. The minimum Gasteiger partial charge on any atom is -0.398 e. The molecule has 0 saturated carbocycles. The molecule has 0 aliphatic rings. The summed E-state index contributed by atoms with van der Waals surface area (Å²) in [5, 5.41) is 18.3. The number of nitrogens with two attached hydrogens (primary N) is 1. The Morgan fingerprint density at radius 1 is 1.40 bits per heavy atom. The molecule has 0 spiro atoms. The van der Waals surface area contributed by atoms with Crippen molar-refractivity contribution in [1.82, 2.24) is 9.78 Å². The standard InChI is InChI=1S/C13H17N5O2/c1-8-13(9(2)17(3)16-8)7-15-11-4-10(14)5-12(6-11)18(19)20/h4-6,15H,7,14H2,1-3H3. The number of hydrogen-bond donors (Lipinski definition) is 2. The summed E-state index contributed by atoms with van der Waals surface area (Å²) in [4.78, 5) is 10.3. The Morgan fingerprint density at radius 3 is 2.65 bits per heavy atom. The Kier molecular flexibility index (Phi) is 3.60. The van der Waals surface area contributed by atoms with Crippen LogP contribution in [0.5, 0.6) is 0 Å². The van der Waals surface area contributed by atoms with Crippen molar-refractivity contribution in [2.75, 3.05) is 11.1 Å². The van der Waals surface area contributed by atoms with Gasteiger partial charge in [0.15, 0.2) is 0 Å². The monoisotopic (exact) mass is 275 g/mol.